The number of hydrogen-bond donors (Lipinski definition) is 1. The number of benzene rings is 1. The normalized spacial score (nSPS) is 20.1. The molecule has 1 N–H and O–H groups in total. The Balaban J connectivity index is 1.36. The summed E-state index contributed by atoms with van der Waals surface area (Å²) < 4.78 is 11.9. The van der Waals surface area contributed by atoms with Crippen LogP contribution in [0, 0.1) is 0 Å². The number of fused-ring (bicyclic) bond motifs is 3. The number of likely N-dealkylation sites (tertiary alicyclic amines) is 2. The minimum atomic E-state index is 0.514. The highest BCUT2D eigenvalue weighted by Gasteiger charge is 2.24. The Morgan fingerprint density at radius 1 is 1.00 bits per heavy atom. The van der Waals surface area contributed by atoms with E-state index in [4.69, 9.17) is 14.5 Å². The number of anilines is 1. The number of hydrogen-bond acceptors (Lipinski definition) is 6. The summed E-state index contributed by atoms with van der Waals surface area (Å²) in [5.74, 6) is 2.74. The van der Waals surface area contributed by atoms with Crippen molar-refractivity contribution >= 4 is 16.7 Å². The predicted molar refractivity (Wildman–Crippen MR) is 130 cm³/mol. The highest BCUT2D eigenvalue weighted by Crippen LogP contribution is 2.39. The molecule has 0 spiro atoms. The van der Waals surface area contributed by atoms with Gasteiger partial charge in [0.2, 0.25) is 0 Å². The van der Waals surface area contributed by atoms with Gasteiger partial charge in [0.1, 0.15) is 5.82 Å². The van der Waals surface area contributed by atoms with Crippen molar-refractivity contribution in [2.24, 2.45) is 0 Å². The van der Waals surface area contributed by atoms with Gasteiger partial charge in [0.15, 0.2) is 11.5 Å². The summed E-state index contributed by atoms with van der Waals surface area (Å²) in [6, 6.07) is 4.77. The number of nitrogens with zero attached hydrogens (tertiary/aromatic N) is 3. The van der Waals surface area contributed by atoms with Crippen molar-refractivity contribution in [3.63, 3.8) is 0 Å². The Kier molecular flexibility index (Phi) is 6.69. The second-order valence-corrected chi connectivity index (χ2v) is 9.76. The SMILES string of the molecule is COc1cc2c3c(c(NC4CCN(C)CC4)nc2cc1OCCCN1CCCC1)CCC3. The Morgan fingerprint density at radius 3 is 2.56 bits per heavy atom. The largest absolute Gasteiger partial charge is 0.493 e. The van der Waals surface area contributed by atoms with Crippen molar-refractivity contribution in [3.8, 4) is 11.5 Å². The van der Waals surface area contributed by atoms with E-state index < -0.39 is 0 Å². The topological polar surface area (TPSA) is 49.9 Å². The Labute approximate surface area is 192 Å². The summed E-state index contributed by atoms with van der Waals surface area (Å²) in [6.45, 7) is 6.61. The first-order valence-corrected chi connectivity index (χ1v) is 12.5. The quantitative estimate of drug-likeness (QED) is 0.626. The first-order valence-electron chi connectivity index (χ1n) is 12.5. The Morgan fingerprint density at radius 2 is 1.78 bits per heavy atom. The minimum absolute atomic E-state index is 0.514. The lowest BCUT2D eigenvalue weighted by atomic mass is 10.0. The summed E-state index contributed by atoms with van der Waals surface area (Å²) in [7, 11) is 3.95. The summed E-state index contributed by atoms with van der Waals surface area (Å²) in [4.78, 5) is 10.1. The zero-order valence-corrected chi connectivity index (χ0v) is 19.8. The van der Waals surface area contributed by atoms with Gasteiger partial charge < -0.3 is 24.6 Å². The van der Waals surface area contributed by atoms with E-state index in [-0.39, 0.29) is 0 Å². The Bertz CT molecular complexity index is 933. The van der Waals surface area contributed by atoms with Gasteiger partial charge in [-0.15, -0.1) is 0 Å². The molecule has 3 aliphatic rings. The molecule has 5 rings (SSSR count). The highest BCUT2D eigenvalue weighted by molar-refractivity contribution is 5.89. The van der Waals surface area contributed by atoms with Crippen molar-refractivity contribution in [3.05, 3.63) is 23.3 Å². The predicted octanol–water partition coefficient (Wildman–Crippen LogP) is 4.10. The molecule has 0 bridgehead atoms. The lowest BCUT2D eigenvalue weighted by Gasteiger charge is -2.30. The lowest BCUT2D eigenvalue weighted by Crippen LogP contribution is -2.37. The monoisotopic (exact) mass is 438 g/mol. The van der Waals surface area contributed by atoms with E-state index in [1.807, 2.05) is 0 Å². The van der Waals surface area contributed by atoms with Crippen molar-refractivity contribution in [2.75, 3.05) is 58.8 Å². The zero-order chi connectivity index (χ0) is 21.9. The van der Waals surface area contributed by atoms with Crippen LogP contribution in [0.2, 0.25) is 0 Å². The van der Waals surface area contributed by atoms with Gasteiger partial charge in [-0.2, -0.15) is 0 Å². The van der Waals surface area contributed by atoms with E-state index in [9.17, 15) is 0 Å². The third-order valence-electron chi connectivity index (χ3n) is 7.48. The molecule has 6 nitrogen and oxygen atoms in total. The molecule has 2 aromatic rings. The maximum absolute atomic E-state index is 6.20. The summed E-state index contributed by atoms with van der Waals surface area (Å²) in [6.07, 6.45) is 9.52. The number of ether oxygens (including phenoxy) is 2. The molecular formula is C26H38N4O2. The number of rotatable bonds is 8. The Hall–Kier alpha value is -2.05. The number of aromatic nitrogens is 1. The molecular weight excluding hydrogens is 400 g/mol. The molecule has 2 fully saturated rings. The van der Waals surface area contributed by atoms with E-state index in [0.29, 0.717) is 12.6 Å². The van der Waals surface area contributed by atoms with Gasteiger partial charge in [-0.05, 0) is 102 Å². The van der Waals surface area contributed by atoms with E-state index in [0.717, 1.165) is 61.7 Å². The van der Waals surface area contributed by atoms with E-state index in [1.165, 1.54) is 61.7 Å². The van der Waals surface area contributed by atoms with Crippen LogP contribution in [-0.4, -0.2) is 74.3 Å². The molecule has 1 aliphatic carbocycles. The zero-order valence-electron chi connectivity index (χ0n) is 19.8. The summed E-state index contributed by atoms with van der Waals surface area (Å²) in [5.41, 5.74) is 3.89. The van der Waals surface area contributed by atoms with Crippen LogP contribution in [0.1, 0.15) is 49.7 Å². The first-order chi connectivity index (χ1) is 15.7. The molecule has 1 aromatic carbocycles. The molecule has 0 saturated carbocycles. The van der Waals surface area contributed by atoms with Gasteiger partial charge in [0, 0.05) is 24.0 Å². The van der Waals surface area contributed by atoms with Crippen LogP contribution >= 0.6 is 0 Å². The fourth-order valence-corrected chi connectivity index (χ4v) is 5.59. The van der Waals surface area contributed by atoms with Crippen LogP contribution in [0.3, 0.4) is 0 Å². The van der Waals surface area contributed by atoms with Crippen molar-refractivity contribution in [2.45, 2.75) is 57.4 Å². The van der Waals surface area contributed by atoms with Gasteiger partial charge in [-0.1, -0.05) is 0 Å². The van der Waals surface area contributed by atoms with Crippen molar-refractivity contribution in [1.29, 1.82) is 0 Å². The maximum atomic E-state index is 6.20. The fourth-order valence-electron chi connectivity index (χ4n) is 5.59. The smallest absolute Gasteiger partial charge is 0.163 e. The van der Waals surface area contributed by atoms with Gasteiger partial charge in [0.05, 0.1) is 19.2 Å². The number of aryl methyl sites for hydroxylation is 1. The third-order valence-corrected chi connectivity index (χ3v) is 7.48. The molecule has 0 atom stereocenters. The average Bonchev–Trinajstić information content (AvgIpc) is 3.50. The van der Waals surface area contributed by atoms with E-state index in [1.54, 1.807) is 7.11 Å². The molecule has 6 heteroatoms. The number of pyridine rings is 1. The maximum Gasteiger partial charge on any atom is 0.163 e. The van der Waals surface area contributed by atoms with Crippen LogP contribution in [0.15, 0.2) is 12.1 Å². The van der Waals surface area contributed by atoms with Gasteiger partial charge >= 0.3 is 0 Å². The molecule has 3 heterocycles. The van der Waals surface area contributed by atoms with Crippen LogP contribution in [0.25, 0.3) is 10.9 Å². The fraction of sp³-hybridized carbons (Fsp3) is 0.654. The van der Waals surface area contributed by atoms with E-state index >= 15 is 0 Å². The second kappa shape index (κ2) is 9.84. The van der Waals surface area contributed by atoms with Crippen molar-refractivity contribution in [1.82, 2.24) is 14.8 Å². The number of piperidine rings is 1. The molecule has 0 amide bonds. The second-order valence-electron chi connectivity index (χ2n) is 9.76. The van der Waals surface area contributed by atoms with Crippen LogP contribution < -0.4 is 14.8 Å². The molecule has 2 aliphatic heterocycles. The highest BCUT2D eigenvalue weighted by atomic mass is 16.5. The summed E-state index contributed by atoms with van der Waals surface area (Å²) >= 11 is 0. The van der Waals surface area contributed by atoms with Crippen LogP contribution in [0.4, 0.5) is 5.82 Å². The third kappa shape index (κ3) is 4.67. The molecule has 0 radical (unpaired) electrons. The van der Waals surface area contributed by atoms with Crippen LogP contribution in [-0.2, 0) is 12.8 Å². The number of nitrogens with one attached hydrogen (secondary N) is 1. The standard InChI is InChI=1S/C26H38N4O2/c1-29-14-9-19(10-15-29)27-26-21-8-5-7-20(21)22-17-24(31-2)25(18-23(22)28-26)32-16-6-13-30-11-3-4-12-30/h17-19H,3-16H2,1-2H3,(H,27,28). The molecule has 174 valence electrons. The lowest BCUT2D eigenvalue weighted by molar-refractivity contribution is 0.254. The van der Waals surface area contributed by atoms with Crippen molar-refractivity contribution < 1.29 is 9.47 Å². The number of methoxy groups -OCH3 is 1. The minimum Gasteiger partial charge on any atom is -0.493 e. The van der Waals surface area contributed by atoms with Crippen LogP contribution in [0.5, 0.6) is 11.5 Å². The molecule has 1 aromatic heterocycles. The molecule has 0 unspecified atom stereocenters. The average molecular weight is 439 g/mol. The van der Waals surface area contributed by atoms with Gasteiger partial charge in [0.25, 0.3) is 0 Å². The van der Waals surface area contributed by atoms with E-state index in [2.05, 4.69) is 34.3 Å². The first kappa shape index (κ1) is 21.8. The summed E-state index contributed by atoms with van der Waals surface area (Å²) in [5, 5.41) is 5.04. The molecule has 2 saturated heterocycles. The molecule has 32 heavy (non-hydrogen) atoms. The van der Waals surface area contributed by atoms with Gasteiger partial charge in [-0.3, -0.25) is 0 Å². The van der Waals surface area contributed by atoms with Gasteiger partial charge in [-0.25, -0.2) is 4.98 Å².